The number of hydrogen-bond donors (Lipinski definition) is 1. The molecule has 2 aromatic rings. The molecule has 0 saturated heterocycles. The van der Waals surface area contributed by atoms with E-state index in [1.54, 1.807) is 6.07 Å². The van der Waals surface area contributed by atoms with Crippen LogP contribution in [-0.4, -0.2) is 31.1 Å². The molecule has 25 heavy (non-hydrogen) atoms. The molecule has 4 nitrogen and oxygen atoms in total. The first-order chi connectivity index (χ1) is 11.8. The summed E-state index contributed by atoms with van der Waals surface area (Å²) < 4.78 is 56.6. The number of likely N-dealkylation sites (N-methyl/N-ethyl adjacent to an activating group) is 1. The zero-order valence-corrected chi connectivity index (χ0v) is 13.3. The van der Waals surface area contributed by atoms with Crippen LogP contribution in [0.15, 0.2) is 48.5 Å². The number of amides is 2. The number of ether oxygens (including phenoxy) is 1. The van der Waals surface area contributed by atoms with Crippen LogP contribution in [-0.2, 0) is 6.18 Å². The summed E-state index contributed by atoms with van der Waals surface area (Å²) in [6.07, 6.45) is -4.49. The van der Waals surface area contributed by atoms with Gasteiger partial charge in [0.15, 0.2) is 11.6 Å². The summed E-state index contributed by atoms with van der Waals surface area (Å²) in [4.78, 5) is 13.2. The highest BCUT2D eigenvalue weighted by atomic mass is 19.4. The van der Waals surface area contributed by atoms with E-state index < -0.39 is 23.6 Å². The van der Waals surface area contributed by atoms with Crippen LogP contribution in [0.4, 0.5) is 28.0 Å². The van der Waals surface area contributed by atoms with E-state index in [-0.39, 0.29) is 24.6 Å². The zero-order valence-electron chi connectivity index (χ0n) is 13.3. The van der Waals surface area contributed by atoms with Crippen LogP contribution in [0.1, 0.15) is 5.56 Å². The van der Waals surface area contributed by atoms with Crippen LogP contribution < -0.4 is 10.1 Å². The number of carbonyl (C=O) groups excluding carboxylic acids is 1. The van der Waals surface area contributed by atoms with E-state index in [1.165, 1.54) is 42.3 Å². The van der Waals surface area contributed by atoms with E-state index in [4.69, 9.17) is 4.74 Å². The second-order valence-corrected chi connectivity index (χ2v) is 5.21. The molecular formula is C17H16F4N2O2. The number of benzene rings is 2. The molecule has 2 amide bonds. The van der Waals surface area contributed by atoms with E-state index >= 15 is 0 Å². The van der Waals surface area contributed by atoms with Gasteiger partial charge in [0.05, 0.1) is 12.1 Å². The van der Waals surface area contributed by atoms with Crippen molar-refractivity contribution in [3.63, 3.8) is 0 Å². The number of nitrogens with zero attached hydrogens (tertiary/aromatic N) is 1. The van der Waals surface area contributed by atoms with Crippen LogP contribution in [0.2, 0.25) is 0 Å². The number of carbonyl (C=O) groups is 1. The maximum absolute atomic E-state index is 13.4. The highest BCUT2D eigenvalue weighted by Crippen LogP contribution is 2.30. The lowest BCUT2D eigenvalue weighted by Crippen LogP contribution is -2.34. The summed E-state index contributed by atoms with van der Waals surface area (Å²) in [5.74, 6) is -0.451. The lowest BCUT2D eigenvalue weighted by Gasteiger charge is -2.19. The van der Waals surface area contributed by atoms with Gasteiger partial charge >= 0.3 is 12.2 Å². The molecule has 0 unspecified atom stereocenters. The molecule has 0 aromatic heterocycles. The zero-order chi connectivity index (χ0) is 18.4. The SMILES string of the molecule is CN(CCOc1ccccc1F)C(=O)Nc1cccc(C(F)(F)F)c1. The predicted molar refractivity (Wildman–Crippen MR) is 85.0 cm³/mol. The van der Waals surface area contributed by atoms with Crippen molar-refractivity contribution in [2.24, 2.45) is 0 Å². The van der Waals surface area contributed by atoms with E-state index in [9.17, 15) is 22.4 Å². The van der Waals surface area contributed by atoms with Crippen molar-refractivity contribution >= 4 is 11.7 Å². The van der Waals surface area contributed by atoms with Gasteiger partial charge in [-0.05, 0) is 30.3 Å². The number of anilines is 1. The fourth-order valence-electron chi connectivity index (χ4n) is 1.95. The van der Waals surface area contributed by atoms with Gasteiger partial charge in [0.25, 0.3) is 0 Å². The monoisotopic (exact) mass is 356 g/mol. The molecular weight excluding hydrogens is 340 g/mol. The Hall–Kier alpha value is -2.77. The van der Waals surface area contributed by atoms with Gasteiger partial charge in [-0.3, -0.25) is 0 Å². The highest BCUT2D eigenvalue weighted by Gasteiger charge is 2.30. The van der Waals surface area contributed by atoms with Gasteiger partial charge in [-0.25, -0.2) is 9.18 Å². The number of para-hydroxylation sites is 1. The molecule has 134 valence electrons. The first kappa shape index (κ1) is 18.6. The molecule has 0 heterocycles. The fraction of sp³-hybridized carbons (Fsp3) is 0.235. The predicted octanol–water partition coefficient (Wildman–Crippen LogP) is 4.39. The first-order valence-corrected chi connectivity index (χ1v) is 7.34. The third-order valence-electron chi connectivity index (χ3n) is 3.31. The third-order valence-corrected chi connectivity index (χ3v) is 3.31. The Balaban J connectivity index is 1.87. The number of alkyl halides is 3. The smallest absolute Gasteiger partial charge is 0.416 e. The second kappa shape index (κ2) is 7.87. The van der Waals surface area contributed by atoms with E-state index in [0.717, 1.165) is 12.1 Å². The summed E-state index contributed by atoms with van der Waals surface area (Å²) >= 11 is 0. The normalized spacial score (nSPS) is 11.1. The van der Waals surface area contributed by atoms with Crippen molar-refractivity contribution in [1.82, 2.24) is 4.90 Å². The number of hydrogen-bond acceptors (Lipinski definition) is 2. The molecule has 2 aromatic carbocycles. The van der Waals surface area contributed by atoms with E-state index in [2.05, 4.69) is 5.32 Å². The Kier molecular flexibility index (Phi) is 5.84. The largest absolute Gasteiger partial charge is 0.489 e. The number of urea groups is 1. The van der Waals surface area contributed by atoms with E-state index in [1.807, 2.05) is 0 Å². The van der Waals surface area contributed by atoms with Crippen molar-refractivity contribution < 1.29 is 27.1 Å². The van der Waals surface area contributed by atoms with Gasteiger partial charge in [0, 0.05) is 12.7 Å². The number of rotatable bonds is 5. The van der Waals surface area contributed by atoms with Crippen molar-refractivity contribution in [1.29, 1.82) is 0 Å². The van der Waals surface area contributed by atoms with Crippen molar-refractivity contribution in [3.05, 3.63) is 59.9 Å². The van der Waals surface area contributed by atoms with Gasteiger partial charge in [-0.1, -0.05) is 18.2 Å². The summed E-state index contributed by atoms with van der Waals surface area (Å²) in [7, 11) is 1.45. The molecule has 0 aliphatic heterocycles. The fourth-order valence-corrected chi connectivity index (χ4v) is 1.95. The van der Waals surface area contributed by atoms with Gasteiger partial charge in [0.2, 0.25) is 0 Å². The lowest BCUT2D eigenvalue weighted by molar-refractivity contribution is -0.137. The van der Waals surface area contributed by atoms with Gasteiger partial charge in [-0.2, -0.15) is 13.2 Å². The number of nitrogens with one attached hydrogen (secondary N) is 1. The van der Waals surface area contributed by atoms with Crippen LogP contribution in [0.25, 0.3) is 0 Å². The Morgan fingerprint density at radius 1 is 1.16 bits per heavy atom. The molecule has 0 aliphatic carbocycles. The number of halogens is 4. The quantitative estimate of drug-likeness (QED) is 0.808. The summed E-state index contributed by atoms with van der Waals surface area (Å²) in [5, 5.41) is 2.37. The van der Waals surface area contributed by atoms with Crippen molar-refractivity contribution in [3.8, 4) is 5.75 Å². The molecule has 0 saturated carbocycles. The maximum atomic E-state index is 13.4. The third kappa shape index (κ3) is 5.37. The van der Waals surface area contributed by atoms with Crippen LogP contribution >= 0.6 is 0 Å². The average Bonchev–Trinajstić information content (AvgIpc) is 2.56. The Bertz CT molecular complexity index is 735. The van der Waals surface area contributed by atoms with Crippen LogP contribution in [0, 0.1) is 5.82 Å². The van der Waals surface area contributed by atoms with Gasteiger partial charge in [0.1, 0.15) is 6.61 Å². The van der Waals surface area contributed by atoms with Crippen molar-refractivity contribution in [2.45, 2.75) is 6.18 Å². The highest BCUT2D eigenvalue weighted by molar-refractivity contribution is 5.89. The molecule has 0 bridgehead atoms. The Morgan fingerprint density at radius 3 is 2.56 bits per heavy atom. The minimum Gasteiger partial charge on any atom is -0.489 e. The lowest BCUT2D eigenvalue weighted by atomic mass is 10.2. The summed E-state index contributed by atoms with van der Waals surface area (Å²) in [6, 6.07) is 9.58. The molecule has 0 aliphatic rings. The summed E-state index contributed by atoms with van der Waals surface area (Å²) in [6.45, 7) is 0.159. The Morgan fingerprint density at radius 2 is 1.88 bits per heavy atom. The molecule has 0 atom stereocenters. The molecule has 1 N–H and O–H groups in total. The molecule has 0 radical (unpaired) electrons. The van der Waals surface area contributed by atoms with E-state index in [0.29, 0.717) is 0 Å². The molecule has 8 heteroatoms. The Labute approximate surface area is 142 Å². The first-order valence-electron chi connectivity index (χ1n) is 7.34. The van der Waals surface area contributed by atoms with Crippen molar-refractivity contribution in [2.75, 3.05) is 25.5 Å². The summed E-state index contributed by atoms with van der Waals surface area (Å²) in [5.41, 5.74) is -0.822. The van der Waals surface area contributed by atoms with Crippen LogP contribution in [0.5, 0.6) is 5.75 Å². The van der Waals surface area contributed by atoms with Crippen LogP contribution in [0.3, 0.4) is 0 Å². The molecule has 0 fully saturated rings. The minimum atomic E-state index is -4.49. The van der Waals surface area contributed by atoms with Gasteiger partial charge < -0.3 is 15.0 Å². The molecule has 0 spiro atoms. The maximum Gasteiger partial charge on any atom is 0.416 e. The average molecular weight is 356 g/mol. The van der Waals surface area contributed by atoms with Gasteiger partial charge in [-0.15, -0.1) is 0 Å². The molecule has 2 rings (SSSR count). The topological polar surface area (TPSA) is 41.6 Å². The second-order valence-electron chi connectivity index (χ2n) is 5.21. The minimum absolute atomic E-state index is 0.0293. The standard InChI is InChI=1S/C17H16F4N2O2/c1-23(9-10-25-15-8-3-2-7-14(15)18)16(24)22-13-6-4-5-12(11-13)17(19,20)21/h2-8,11H,9-10H2,1H3,(H,22,24).